The summed E-state index contributed by atoms with van der Waals surface area (Å²) in [6.45, 7) is 6.68. The number of rotatable bonds is 0. The lowest BCUT2D eigenvalue weighted by Crippen LogP contribution is -2.16. The molecule has 2 nitrogen and oxygen atoms in total. The van der Waals surface area contributed by atoms with Crippen LogP contribution >= 0.6 is 15.9 Å². The van der Waals surface area contributed by atoms with Gasteiger partial charge in [0, 0.05) is 693 Å². The largest absolute Gasteiger partial charge is 0.302 e. The maximum absolute atomic E-state index is 4.82. The monoisotopic (exact) mass is 2700 g/mol. The van der Waals surface area contributed by atoms with Crippen molar-refractivity contribution in [2.75, 3.05) is 0 Å². The standard InChI is InChI=1S/C15H15BrN2.S75/c1-15(2,3)12-8-10-6-4-5-7-11(10)14-17-13(16)9-18(12)14;1-3-5-7-9-11-13-15-17-19-21-23-25-27-29-31-33-35-37-39-41-43-45-47-49-51-53-55-57-59-61-63-65-67-69-71-73-75-74-72-70-68-66-64-62-60-58-56-54-52-50-48-46-44-42-40-38-36-34-32-30-28-26-24-22-20-18-16-14-12-10-8-6-4-2/h4-9H,1-3H3;. The number of aromatic nitrogens is 2. The third kappa shape index (κ3) is 72.1. The van der Waals surface area contributed by atoms with Crippen molar-refractivity contribution in [1.29, 1.82) is 0 Å². The molecule has 1 aromatic carbocycles. The van der Waals surface area contributed by atoms with Crippen molar-refractivity contribution in [3.05, 3.63) is 46.8 Å². The first-order valence-electron chi connectivity index (χ1n) is 18.4. The molecule has 0 saturated carbocycles. The summed E-state index contributed by atoms with van der Waals surface area (Å²) in [7, 11) is 132. The molecule has 542 valence electrons. The Bertz CT molecular complexity index is 6620. The van der Waals surface area contributed by atoms with Crippen LogP contribution < -0.4 is 0 Å². The Morgan fingerprint density at radius 3 is 0.624 bits per heavy atom. The highest BCUT2D eigenvalue weighted by molar-refractivity contribution is 9.10. The highest BCUT2D eigenvalue weighted by Gasteiger charge is 2.19. The number of fused-ring (bicyclic) bond motifs is 3. The van der Waals surface area contributed by atoms with Gasteiger partial charge in [-0.25, -0.2) is 4.98 Å². The fraction of sp³-hybridized carbons (Fsp3) is 0.267. The van der Waals surface area contributed by atoms with Gasteiger partial charge in [-0.2, -0.15) is 0 Å². The predicted octanol–water partition coefficient (Wildman–Crippen LogP) is 4.37. The van der Waals surface area contributed by atoms with Gasteiger partial charge in [0.05, 0.1) is 0 Å². The third-order valence-electron chi connectivity index (χ3n) is 5.20. The number of benzene rings is 1. The number of hydrogen-bond donors (Lipinski definition) is 0. The summed E-state index contributed by atoms with van der Waals surface area (Å²) in [4.78, 5) is 4.60. The van der Waals surface area contributed by atoms with Gasteiger partial charge in [-0.3, -0.25) is 0 Å². The van der Waals surface area contributed by atoms with Gasteiger partial charge in [0.2, 0.25) is 0 Å². The fourth-order valence-electron chi connectivity index (χ4n) is 3.15. The zero-order chi connectivity index (χ0) is 66.5. The molecule has 0 fully saturated rings. The molecular formula is C15H15BrN2S75. The second-order valence-corrected chi connectivity index (χ2v) is 141. The molecule has 0 unspecified atom stereocenters. The van der Waals surface area contributed by atoms with E-state index >= 15 is 0 Å². The molecule has 3 rings (SSSR count). The first-order chi connectivity index (χ1) is 45.9. The van der Waals surface area contributed by atoms with Crippen LogP contribution in [0.2, 0.25) is 0 Å². The lowest BCUT2D eigenvalue weighted by molar-refractivity contribution is 0.562. The maximum atomic E-state index is 4.82. The van der Waals surface area contributed by atoms with Crippen molar-refractivity contribution < 1.29 is 0 Å². The molecule has 78 heteroatoms. The molecule has 0 atom stereocenters. The molecular weight excluding hydrogens is 2690 g/mol. The van der Waals surface area contributed by atoms with Gasteiger partial charge in [0.1, 0.15) is 10.3 Å². The Balaban J connectivity index is 0.00000137. The van der Waals surface area contributed by atoms with E-state index in [0.717, 1.165) is 10.3 Å². The van der Waals surface area contributed by atoms with E-state index in [1.54, 1.807) is 107 Å². The average Bonchev–Trinajstić information content (AvgIpc) is 1.69. The van der Waals surface area contributed by atoms with Crippen LogP contribution in [0.3, 0.4) is 0 Å². The molecule has 2 heterocycles. The van der Waals surface area contributed by atoms with Gasteiger partial charge in [0.25, 0.3) is 0 Å². The molecule has 93 heavy (non-hydrogen) atoms. The average molecular weight is 2710 g/mol. The summed E-state index contributed by atoms with van der Waals surface area (Å²) in [5.41, 5.74) is 2.38. The Kier molecular flexibility index (Phi) is 95.3. The number of pyridine rings is 1. The van der Waals surface area contributed by atoms with Crippen molar-refractivity contribution in [1.82, 2.24) is 9.38 Å². The van der Waals surface area contributed by atoms with Crippen LogP contribution in [0.1, 0.15) is 26.5 Å². The highest BCUT2D eigenvalue weighted by atomic mass is 79.9. The van der Waals surface area contributed by atoms with Crippen LogP contribution in [0.4, 0.5) is 0 Å². The quantitative estimate of drug-likeness (QED) is 0.334. The molecule has 0 aliphatic carbocycles. The zero-order valence-electron chi connectivity index (χ0n) is 41.4. The summed E-state index contributed by atoms with van der Waals surface area (Å²) in [5.74, 6) is 0. The summed E-state index contributed by atoms with van der Waals surface area (Å²) < 4.78 is 3.07. The van der Waals surface area contributed by atoms with E-state index in [1.165, 1.54) is 34.2 Å². The Labute approximate surface area is 763 Å². The van der Waals surface area contributed by atoms with Crippen LogP contribution in [-0.2, 0) is 676 Å². The summed E-state index contributed by atoms with van der Waals surface area (Å²) in [5, 5.41) is 2.43. The first-order valence-corrected chi connectivity index (χ1v) is 118. The number of halogens is 1. The minimum absolute atomic E-state index is 0.0857. The van der Waals surface area contributed by atoms with E-state index < -0.39 is 0 Å². The van der Waals surface area contributed by atoms with Crippen molar-refractivity contribution in [2.45, 2.75) is 26.2 Å². The van der Waals surface area contributed by atoms with Crippen LogP contribution in [0.15, 0.2) is 41.1 Å². The molecule has 2 aromatic heterocycles. The van der Waals surface area contributed by atoms with Crippen molar-refractivity contribution >= 4 is 703 Å². The van der Waals surface area contributed by atoms with Crippen molar-refractivity contribution in [2.24, 2.45) is 0 Å². The van der Waals surface area contributed by atoms with Gasteiger partial charge in [0.15, 0.2) is 0 Å². The lowest BCUT2D eigenvalue weighted by atomic mass is 9.90. The summed E-state index contributed by atoms with van der Waals surface area (Å²) in [6.07, 6.45) is 2.04. The second kappa shape index (κ2) is 85.0. The molecule has 0 amide bonds. The molecule has 0 radical (unpaired) electrons. The van der Waals surface area contributed by atoms with Crippen LogP contribution in [0.5, 0.6) is 0 Å². The topological polar surface area (TPSA) is 17.3 Å². The molecule has 0 aliphatic heterocycles. The minimum Gasteiger partial charge on any atom is -0.302 e. The Morgan fingerprint density at radius 1 is 0.280 bits per heavy atom. The van der Waals surface area contributed by atoms with Crippen molar-refractivity contribution in [3.8, 4) is 0 Å². The van der Waals surface area contributed by atoms with E-state index in [4.69, 9.17) is 22.4 Å². The van der Waals surface area contributed by atoms with E-state index in [9.17, 15) is 0 Å². The third-order valence-corrected chi connectivity index (χ3v) is 166. The normalized spacial score (nSPS) is 8.73. The zero-order valence-corrected chi connectivity index (χ0v) is 104. The van der Waals surface area contributed by atoms with E-state index in [1.807, 2.05) is 530 Å². The van der Waals surface area contributed by atoms with Gasteiger partial charge in [-0.05, 0) is 27.4 Å². The Morgan fingerprint density at radius 2 is 0.452 bits per heavy atom. The summed E-state index contributed by atoms with van der Waals surface area (Å²) >= 11 is 13.1. The van der Waals surface area contributed by atoms with E-state index in [0.29, 0.717) is 0 Å². The minimum atomic E-state index is 0.0857. The molecule has 0 N–H and O–H groups in total. The van der Waals surface area contributed by atoms with E-state index in [2.05, 4.69) is 76.4 Å². The highest BCUT2D eigenvalue weighted by Crippen LogP contribution is 2.30. The number of imidazole rings is 1. The summed E-state index contributed by atoms with van der Waals surface area (Å²) in [6, 6.07) is 10.7. The lowest BCUT2D eigenvalue weighted by Gasteiger charge is -2.21. The molecule has 0 saturated heterocycles. The molecule has 0 aliphatic rings. The molecule has 3 aromatic rings. The predicted molar refractivity (Wildman–Crippen MR) is 631 cm³/mol. The smallest absolute Gasteiger partial charge is 0.146 e. The second-order valence-electron chi connectivity index (χ2n) is 10.6. The number of nitrogens with zero attached hydrogens (tertiary/aromatic N) is 2. The molecule has 0 bridgehead atoms. The number of hydrogen-bond acceptors (Lipinski definition) is 3. The molecule has 0 spiro atoms. The van der Waals surface area contributed by atoms with Gasteiger partial charge in [-0.1, -0.05) is 45.0 Å². The van der Waals surface area contributed by atoms with Crippen LogP contribution in [-0.4, -0.2) is 9.38 Å². The van der Waals surface area contributed by atoms with Crippen molar-refractivity contribution in [3.63, 3.8) is 0 Å². The fourth-order valence-corrected chi connectivity index (χ4v) is 198. The maximum Gasteiger partial charge on any atom is 0.146 e. The first kappa shape index (κ1) is 104. The van der Waals surface area contributed by atoms with Crippen LogP contribution in [0.25, 0.3) is 16.4 Å². The van der Waals surface area contributed by atoms with Gasteiger partial charge < -0.3 is 4.40 Å². The van der Waals surface area contributed by atoms with E-state index in [-0.39, 0.29) is 5.41 Å². The van der Waals surface area contributed by atoms with Gasteiger partial charge in [-0.15, -0.1) is 0 Å². The SMILES string of the molecule is CC(C)(C)c1cc2ccccc2c2nc(Br)cn12.S=S=S=S=S=S=S=S=S=S=S=S=S=S=S=S=S=S=S=S=S=S=S=S=S=S=S=S=S=S=S=S=S=S=S=S=S=S=S=S=S=S=S=S=S=S=S=S=S=S=S=S=S=S=S=S=S=S=S=S=S=S=S=S=S=S=S=S=S=S=S=S=S=S=S. The Hall–Kier alpha value is 15.2. The van der Waals surface area contributed by atoms with Gasteiger partial charge >= 0.3 is 0 Å². The van der Waals surface area contributed by atoms with Crippen LogP contribution in [0, 0.1) is 0 Å².